The Labute approximate surface area is 143 Å². The largest absolute Gasteiger partial charge is 0.416 e. The number of sulfone groups is 1. The number of benzene rings is 1. The standard InChI is InChI=1S/C15H18F3NO3S2/c1-10(14(20)19-13-6-7-24(21,22)9-13)23-8-11-2-4-12(5-3-11)15(16,17)18/h2-5,10,13H,6-9H2,1H3,(H,19,20). The molecule has 0 spiro atoms. The molecule has 0 bridgehead atoms. The highest BCUT2D eigenvalue weighted by Gasteiger charge is 2.31. The second-order valence-electron chi connectivity index (χ2n) is 5.76. The van der Waals surface area contributed by atoms with E-state index in [0.29, 0.717) is 17.7 Å². The predicted octanol–water partition coefficient (Wildman–Crippen LogP) is 2.63. The fourth-order valence-electron chi connectivity index (χ4n) is 2.31. The van der Waals surface area contributed by atoms with Crippen molar-refractivity contribution in [2.45, 2.75) is 36.6 Å². The van der Waals surface area contributed by atoms with Crippen LogP contribution < -0.4 is 5.32 Å². The highest BCUT2D eigenvalue weighted by atomic mass is 32.2. The molecular weight excluding hydrogens is 363 g/mol. The zero-order valence-corrected chi connectivity index (χ0v) is 14.6. The molecule has 9 heteroatoms. The molecule has 1 amide bonds. The third kappa shape index (κ3) is 5.41. The first-order valence-electron chi connectivity index (χ1n) is 7.35. The maximum Gasteiger partial charge on any atom is 0.416 e. The van der Waals surface area contributed by atoms with Gasteiger partial charge in [0.05, 0.1) is 22.3 Å². The molecular formula is C15H18F3NO3S2. The number of carbonyl (C=O) groups is 1. The van der Waals surface area contributed by atoms with Gasteiger partial charge in [-0.2, -0.15) is 13.2 Å². The Morgan fingerprint density at radius 3 is 2.46 bits per heavy atom. The molecule has 1 saturated heterocycles. The average molecular weight is 381 g/mol. The number of alkyl halides is 3. The van der Waals surface area contributed by atoms with Crippen molar-refractivity contribution >= 4 is 27.5 Å². The molecule has 2 unspecified atom stereocenters. The number of hydrogen-bond donors (Lipinski definition) is 1. The van der Waals surface area contributed by atoms with Gasteiger partial charge in [-0.25, -0.2) is 8.42 Å². The lowest BCUT2D eigenvalue weighted by atomic mass is 10.1. The summed E-state index contributed by atoms with van der Waals surface area (Å²) in [5.41, 5.74) is -0.0134. The van der Waals surface area contributed by atoms with E-state index in [9.17, 15) is 26.4 Å². The van der Waals surface area contributed by atoms with Crippen molar-refractivity contribution in [3.8, 4) is 0 Å². The van der Waals surface area contributed by atoms with Gasteiger partial charge in [0.15, 0.2) is 9.84 Å². The lowest BCUT2D eigenvalue weighted by Gasteiger charge is -2.16. The Morgan fingerprint density at radius 2 is 1.96 bits per heavy atom. The highest BCUT2D eigenvalue weighted by molar-refractivity contribution is 7.99. The van der Waals surface area contributed by atoms with Crippen molar-refractivity contribution in [2.24, 2.45) is 0 Å². The zero-order chi connectivity index (χ0) is 18.0. The normalized spacial score (nSPS) is 21.4. The summed E-state index contributed by atoms with van der Waals surface area (Å²) >= 11 is 1.29. The van der Waals surface area contributed by atoms with Gasteiger partial charge in [-0.1, -0.05) is 12.1 Å². The van der Waals surface area contributed by atoms with Crippen LogP contribution in [0.1, 0.15) is 24.5 Å². The third-order valence-electron chi connectivity index (χ3n) is 3.73. The van der Waals surface area contributed by atoms with Gasteiger partial charge in [0.2, 0.25) is 5.91 Å². The lowest BCUT2D eigenvalue weighted by Crippen LogP contribution is -2.40. The summed E-state index contributed by atoms with van der Waals surface area (Å²) in [5.74, 6) is 0.199. The van der Waals surface area contributed by atoms with Crippen LogP contribution in [-0.2, 0) is 26.6 Å². The number of carbonyl (C=O) groups excluding carboxylic acids is 1. The number of nitrogens with one attached hydrogen (secondary N) is 1. The molecule has 134 valence electrons. The van der Waals surface area contributed by atoms with Gasteiger partial charge in [-0.15, -0.1) is 11.8 Å². The summed E-state index contributed by atoms with van der Waals surface area (Å²) < 4.78 is 60.2. The monoisotopic (exact) mass is 381 g/mol. The smallest absolute Gasteiger partial charge is 0.351 e. The molecule has 0 saturated carbocycles. The third-order valence-corrected chi connectivity index (χ3v) is 6.71. The molecule has 1 aliphatic heterocycles. The minimum absolute atomic E-state index is 0.0327. The number of rotatable bonds is 5. The number of thioether (sulfide) groups is 1. The summed E-state index contributed by atoms with van der Waals surface area (Å²) in [7, 11) is -3.05. The maximum absolute atomic E-state index is 12.5. The quantitative estimate of drug-likeness (QED) is 0.852. The van der Waals surface area contributed by atoms with Crippen molar-refractivity contribution in [1.82, 2.24) is 5.32 Å². The van der Waals surface area contributed by atoms with E-state index in [1.807, 2.05) is 0 Å². The molecule has 4 nitrogen and oxygen atoms in total. The Kier molecular flexibility index (Phi) is 5.85. The van der Waals surface area contributed by atoms with E-state index in [1.165, 1.54) is 23.9 Å². The molecule has 0 aromatic heterocycles. The van der Waals surface area contributed by atoms with Crippen LogP contribution in [0.15, 0.2) is 24.3 Å². The van der Waals surface area contributed by atoms with Crippen LogP contribution in [0.4, 0.5) is 13.2 Å². The van der Waals surface area contributed by atoms with Gasteiger partial charge in [-0.05, 0) is 31.0 Å². The van der Waals surface area contributed by atoms with Crippen molar-refractivity contribution < 1.29 is 26.4 Å². The summed E-state index contributed by atoms with van der Waals surface area (Å²) in [4.78, 5) is 12.0. The Morgan fingerprint density at radius 1 is 1.33 bits per heavy atom. The molecule has 1 aliphatic rings. The Balaban J connectivity index is 1.82. The summed E-state index contributed by atoms with van der Waals surface area (Å²) in [5, 5.41) is 2.29. The fourth-order valence-corrected chi connectivity index (χ4v) is 4.84. The first kappa shape index (κ1) is 19.1. The highest BCUT2D eigenvalue weighted by Crippen LogP contribution is 2.29. The molecule has 1 heterocycles. The van der Waals surface area contributed by atoms with E-state index in [0.717, 1.165) is 12.1 Å². The zero-order valence-electron chi connectivity index (χ0n) is 13.0. The summed E-state index contributed by atoms with van der Waals surface area (Å²) in [6.07, 6.45) is -3.94. The van der Waals surface area contributed by atoms with Crippen LogP contribution in [-0.4, -0.2) is 37.1 Å². The Hall–Kier alpha value is -1.22. The molecule has 2 rings (SSSR count). The van der Waals surface area contributed by atoms with Crippen molar-refractivity contribution in [2.75, 3.05) is 11.5 Å². The van der Waals surface area contributed by atoms with Crippen LogP contribution in [0.3, 0.4) is 0 Å². The topological polar surface area (TPSA) is 63.2 Å². The molecule has 0 radical (unpaired) electrons. The van der Waals surface area contributed by atoms with E-state index in [1.54, 1.807) is 6.92 Å². The Bertz CT molecular complexity index is 687. The van der Waals surface area contributed by atoms with Crippen LogP contribution >= 0.6 is 11.8 Å². The maximum atomic E-state index is 12.5. The number of halogens is 3. The second-order valence-corrected chi connectivity index (χ2v) is 9.31. The minimum Gasteiger partial charge on any atom is -0.351 e. The van der Waals surface area contributed by atoms with Gasteiger partial charge in [0.1, 0.15) is 0 Å². The molecule has 24 heavy (non-hydrogen) atoms. The van der Waals surface area contributed by atoms with Gasteiger partial charge in [0.25, 0.3) is 0 Å². The van der Waals surface area contributed by atoms with Gasteiger partial charge in [0, 0.05) is 11.8 Å². The van der Waals surface area contributed by atoms with Crippen LogP contribution in [0.5, 0.6) is 0 Å². The van der Waals surface area contributed by atoms with Gasteiger partial charge in [-0.3, -0.25) is 4.79 Å². The van der Waals surface area contributed by atoms with Crippen LogP contribution in [0, 0.1) is 0 Å². The van der Waals surface area contributed by atoms with Crippen molar-refractivity contribution in [3.05, 3.63) is 35.4 Å². The number of hydrogen-bond acceptors (Lipinski definition) is 4. The molecule has 2 atom stereocenters. The van der Waals surface area contributed by atoms with Gasteiger partial charge >= 0.3 is 6.18 Å². The fraction of sp³-hybridized carbons (Fsp3) is 0.533. The molecule has 1 aromatic rings. The average Bonchev–Trinajstić information content (AvgIpc) is 2.83. The first-order chi connectivity index (χ1) is 11.1. The van der Waals surface area contributed by atoms with E-state index in [2.05, 4.69) is 5.32 Å². The minimum atomic E-state index is -4.36. The van der Waals surface area contributed by atoms with Crippen LogP contribution in [0.2, 0.25) is 0 Å². The molecule has 1 fully saturated rings. The van der Waals surface area contributed by atoms with Crippen molar-refractivity contribution in [1.29, 1.82) is 0 Å². The van der Waals surface area contributed by atoms with E-state index in [4.69, 9.17) is 0 Å². The second kappa shape index (κ2) is 7.35. The predicted molar refractivity (Wildman–Crippen MR) is 87.4 cm³/mol. The molecule has 1 N–H and O–H groups in total. The SMILES string of the molecule is CC(SCc1ccc(C(F)(F)F)cc1)C(=O)NC1CCS(=O)(=O)C1. The lowest BCUT2D eigenvalue weighted by molar-refractivity contribution is -0.137. The molecule has 0 aliphatic carbocycles. The van der Waals surface area contributed by atoms with E-state index < -0.39 is 26.8 Å². The van der Waals surface area contributed by atoms with E-state index in [-0.39, 0.29) is 23.5 Å². The van der Waals surface area contributed by atoms with Gasteiger partial charge < -0.3 is 5.32 Å². The van der Waals surface area contributed by atoms with E-state index >= 15 is 0 Å². The summed E-state index contributed by atoms with van der Waals surface area (Å²) in [6, 6.07) is 4.47. The molecule has 1 aromatic carbocycles. The van der Waals surface area contributed by atoms with Crippen molar-refractivity contribution in [3.63, 3.8) is 0 Å². The van der Waals surface area contributed by atoms with Crippen LogP contribution in [0.25, 0.3) is 0 Å². The first-order valence-corrected chi connectivity index (χ1v) is 10.2. The summed E-state index contributed by atoms with van der Waals surface area (Å²) in [6.45, 7) is 1.69. The number of amides is 1.